The molecule has 0 saturated heterocycles. The van der Waals surface area contributed by atoms with Crippen molar-refractivity contribution in [2.45, 2.75) is 91.0 Å². The molecule has 0 aromatic rings. The van der Waals surface area contributed by atoms with Gasteiger partial charge in [-0.2, -0.15) is 0 Å². The number of unbranched alkanes of at least 4 members (excludes halogenated alkanes) is 7. The molecule has 0 radical (unpaired) electrons. The van der Waals surface area contributed by atoms with Crippen LogP contribution in [0.3, 0.4) is 0 Å². The first kappa shape index (κ1) is 21.7. The summed E-state index contributed by atoms with van der Waals surface area (Å²) in [4.78, 5) is 22.8. The second-order valence-electron chi connectivity index (χ2n) is 6.55. The molecule has 2 N–H and O–H groups in total. The number of rotatable bonds is 14. The number of aliphatic carboxylic acids is 1. The Labute approximate surface area is 141 Å². The quantitative estimate of drug-likeness (QED) is 0.360. The summed E-state index contributed by atoms with van der Waals surface area (Å²) in [6, 6.07) is -0.776. The van der Waals surface area contributed by atoms with E-state index in [2.05, 4.69) is 24.4 Å². The fraction of sp³-hybridized carbons (Fsp3) is 0.789. The van der Waals surface area contributed by atoms with E-state index < -0.39 is 12.0 Å². The lowest BCUT2D eigenvalue weighted by atomic mass is 10.0. The highest BCUT2D eigenvalue weighted by Crippen LogP contribution is 2.09. The fourth-order valence-electron chi connectivity index (χ4n) is 2.39. The molecule has 0 bridgehead atoms. The molecule has 0 unspecified atom stereocenters. The monoisotopic (exact) mass is 325 g/mol. The van der Waals surface area contributed by atoms with Gasteiger partial charge in [-0.1, -0.05) is 65.0 Å². The number of carboxylic acid groups (broad SMARTS) is 1. The zero-order chi connectivity index (χ0) is 17.5. The van der Waals surface area contributed by atoms with Gasteiger partial charge in [-0.3, -0.25) is 4.79 Å². The normalized spacial score (nSPS) is 12.7. The number of carboxylic acids is 1. The van der Waals surface area contributed by atoms with Gasteiger partial charge < -0.3 is 10.4 Å². The Morgan fingerprint density at radius 2 is 1.52 bits per heavy atom. The van der Waals surface area contributed by atoms with Gasteiger partial charge in [0.1, 0.15) is 6.04 Å². The highest BCUT2D eigenvalue weighted by molar-refractivity contribution is 5.83. The largest absolute Gasteiger partial charge is 0.480 e. The van der Waals surface area contributed by atoms with Crippen molar-refractivity contribution in [3.63, 3.8) is 0 Å². The van der Waals surface area contributed by atoms with Gasteiger partial charge in [0.15, 0.2) is 0 Å². The van der Waals surface area contributed by atoms with Crippen molar-refractivity contribution in [3.8, 4) is 0 Å². The summed E-state index contributed by atoms with van der Waals surface area (Å²) < 4.78 is 0. The molecule has 0 aromatic carbocycles. The maximum Gasteiger partial charge on any atom is 0.326 e. The van der Waals surface area contributed by atoms with Gasteiger partial charge >= 0.3 is 5.97 Å². The number of carbonyl (C=O) groups excluding carboxylic acids is 1. The van der Waals surface area contributed by atoms with Crippen LogP contribution in [0.5, 0.6) is 0 Å². The Bertz CT molecular complexity index is 351. The van der Waals surface area contributed by atoms with E-state index in [4.69, 9.17) is 5.11 Å². The molecule has 1 atom stereocenters. The number of amides is 1. The van der Waals surface area contributed by atoms with Gasteiger partial charge in [0.2, 0.25) is 5.91 Å². The maximum atomic E-state index is 11.7. The molecule has 0 aliphatic carbocycles. The second-order valence-corrected chi connectivity index (χ2v) is 6.55. The molecule has 4 nitrogen and oxygen atoms in total. The fourth-order valence-corrected chi connectivity index (χ4v) is 2.39. The van der Waals surface area contributed by atoms with Gasteiger partial charge in [0.25, 0.3) is 0 Å². The minimum absolute atomic E-state index is 0.0955. The van der Waals surface area contributed by atoms with Gasteiger partial charge in [-0.25, -0.2) is 4.79 Å². The van der Waals surface area contributed by atoms with Crippen LogP contribution < -0.4 is 5.32 Å². The van der Waals surface area contributed by atoms with Crippen molar-refractivity contribution in [1.29, 1.82) is 0 Å². The molecule has 0 aliphatic heterocycles. The highest BCUT2D eigenvalue weighted by Gasteiger charge is 2.22. The van der Waals surface area contributed by atoms with Crippen molar-refractivity contribution < 1.29 is 14.7 Å². The summed E-state index contributed by atoms with van der Waals surface area (Å²) in [6.45, 7) is 5.81. The molecule has 0 fully saturated rings. The highest BCUT2D eigenvalue weighted by atomic mass is 16.4. The number of hydrogen-bond acceptors (Lipinski definition) is 2. The van der Waals surface area contributed by atoms with E-state index >= 15 is 0 Å². The van der Waals surface area contributed by atoms with Gasteiger partial charge in [0.05, 0.1) is 0 Å². The molecule has 0 spiro atoms. The van der Waals surface area contributed by atoms with Crippen molar-refractivity contribution in [3.05, 3.63) is 12.2 Å². The molecule has 0 aromatic heterocycles. The predicted octanol–water partition coefficient (Wildman–Crippen LogP) is 4.69. The van der Waals surface area contributed by atoms with Crippen LogP contribution in [0, 0.1) is 5.92 Å². The van der Waals surface area contributed by atoms with Crippen LogP contribution in [0.25, 0.3) is 0 Å². The Kier molecular flexibility index (Phi) is 13.5. The molecule has 0 aliphatic rings. The van der Waals surface area contributed by atoms with E-state index in [0.29, 0.717) is 6.42 Å². The first-order valence-corrected chi connectivity index (χ1v) is 9.16. The van der Waals surface area contributed by atoms with Crippen LogP contribution >= 0.6 is 0 Å². The van der Waals surface area contributed by atoms with E-state index in [1.165, 1.54) is 32.1 Å². The van der Waals surface area contributed by atoms with Crippen LogP contribution in [-0.2, 0) is 9.59 Å². The predicted molar refractivity (Wildman–Crippen MR) is 95.4 cm³/mol. The lowest BCUT2D eigenvalue weighted by Gasteiger charge is -2.17. The molecule has 0 saturated carbocycles. The molecular weight excluding hydrogens is 290 g/mol. The van der Waals surface area contributed by atoms with Crippen LogP contribution in [0.1, 0.15) is 85.0 Å². The standard InChI is InChI=1S/C19H35NO3/c1-4-5-6-7-8-9-10-11-12-13-14-15-17(21)20-18(16(2)3)19(22)23/h7-8,16,18H,4-6,9-15H2,1-3H3,(H,20,21)(H,22,23)/b8-7-/t18-/m0/s1. The summed E-state index contributed by atoms with van der Waals surface area (Å²) in [6.07, 6.45) is 15.3. The third-order valence-corrected chi connectivity index (χ3v) is 3.91. The first-order chi connectivity index (χ1) is 11.0. The van der Waals surface area contributed by atoms with E-state index in [0.717, 1.165) is 25.7 Å². The smallest absolute Gasteiger partial charge is 0.326 e. The molecule has 23 heavy (non-hydrogen) atoms. The van der Waals surface area contributed by atoms with E-state index in [1.54, 1.807) is 13.8 Å². The molecule has 4 heteroatoms. The van der Waals surface area contributed by atoms with Crippen molar-refractivity contribution in [1.82, 2.24) is 5.32 Å². The Morgan fingerprint density at radius 3 is 2.09 bits per heavy atom. The summed E-state index contributed by atoms with van der Waals surface area (Å²) in [5.41, 5.74) is 0. The number of carbonyl (C=O) groups is 2. The number of hydrogen-bond donors (Lipinski definition) is 2. The van der Waals surface area contributed by atoms with Crippen LogP contribution in [0.4, 0.5) is 0 Å². The average Bonchev–Trinajstić information content (AvgIpc) is 2.49. The average molecular weight is 325 g/mol. The molecule has 0 heterocycles. The number of allylic oxidation sites excluding steroid dienone is 2. The Balaban J connectivity index is 3.55. The second kappa shape index (κ2) is 14.3. The van der Waals surface area contributed by atoms with Gasteiger partial charge in [-0.15, -0.1) is 0 Å². The third kappa shape index (κ3) is 12.9. The van der Waals surface area contributed by atoms with Gasteiger partial charge in [-0.05, 0) is 31.6 Å². The third-order valence-electron chi connectivity index (χ3n) is 3.91. The molecular formula is C19H35NO3. The zero-order valence-corrected chi connectivity index (χ0v) is 15.1. The molecule has 1 amide bonds. The minimum Gasteiger partial charge on any atom is -0.480 e. The lowest BCUT2D eigenvalue weighted by molar-refractivity contribution is -0.143. The van der Waals surface area contributed by atoms with Crippen molar-refractivity contribution >= 4 is 11.9 Å². The van der Waals surface area contributed by atoms with Crippen LogP contribution in [0.15, 0.2) is 12.2 Å². The topological polar surface area (TPSA) is 66.4 Å². The molecule has 134 valence electrons. The molecule has 0 rings (SSSR count). The van der Waals surface area contributed by atoms with E-state index in [9.17, 15) is 9.59 Å². The minimum atomic E-state index is -0.958. The van der Waals surface area contributed by atoms with E-state index in [1.807, 2.05) is 0 Å². The van der Waals surface area contributed by atoms with Crippen molar-refractivity contribution in [2.75, 3.05) is 0 Å². The maximum absolute atomic E-state index is 11.7. The van der Waals surface area contributed by atoms with Crippen LogP contribution in [-0.4, -0.2) is 23.0 Å². The summed E-state index contributed by atoms with van der Waals surface area (Å²) in [5.74, 6) is -1.20. The summed E-state index contributed by atoms with van der Waals surface area (Å²) in [5, 5.41) is 11.6. The van der Waals surface area contributed by atoms with Gasteiger partial charge in [0, 0.05) is 6.42 Å². The summed E-state index contributed by atoms with van der Waals surface area (Å²) in [7, 11) is 0. The summed E-state index contributed by atoms with van der Waals surface area (Å²) >= 11 is 0. The van der Waals surface area contributed by atoms with Crippen molar-refractivity contribution in [2.24, 2.45) is 5.92 Å². The number of nitrogens with one attached hydrogen (secondary N) is 1. The SMILES string of the molecule is CCCC/C=C\CCCCCCCC(=O)N[C@H](C(=O)O)C(C)C. The first-order valence-electron chi connectivity index (χ1n) is 9.16. The Hall–Kier alpha value is -1.32. The Morgan fingerprint density at radius 1 is 0.957 bits per heavy atom. The zero-order valence-electron chi connectivity index (χ0n) is 15.1. The lowest BCUT2D eigenvalue weighted by Crippen LogP contribution is -2.44. The van der Waals surface area contributed by atoms with Crippen LogP contribution in [0.2, 0.25) is 0 Å². The van der Waals surface area contributed by atoms with E-state index in [-0.39, 0.29) is 11.8 Å².